The van der Waals surface area contributed by atoms with E-state index in [0.717, 1.165) is 30.4 Å². The fourth-order valence-corrected chi connectivity index (χ4v) is 2.78. The standard InChI is InChI=1S/C21H27N5/c1-16-9-11-18(12-10-16)24-19-15-21(2,22-3)26-20(25-19)23-14-13-17-7-5-4-6-8-17/h4-12,15,22,24H,13-14H2,1-3H3,(H2,23,25,26). The van der Waals surface area contributed by atoms with Gasteiger partial charge in [-0.3, -0.25) is 10.3 Å². The second kappa shape index (κ2) is 8.06. The van der Waals surface area contributed by atoms with Gasteiger partial charge in [-0.1, -0.05) is 48.0 Å². The molecule has 1 atom stereocenters. The van der Waals surface area contributed by atoms with Crippen LogP contribution in [0.1, 0.15) is 18.1 Å². The number of guanidine groups is 1. The Morgan fingerprint density at radius 2 is 1.77 bits per heavy atom. The third kappa shape index (κ3) is 4.86. The molecule has 26 heavy (non-hydrogen) atoms. The van der Waals surface area contributed by atoms with Crippen LogP contribution < -0.4 is 21.3 Å². The highest BCUT2D eigenvalue weighted by Gasteiger charge is 2.26. The van der Waals surface area contributed by atoms with E-state index in [4.69, 9.17) is 4.99 Å². The van der Waals surface area contributed by atoms with Crippen molar-refractivity contribution in [2.75, 3.05) is 18.9 Å². The summed E-state index contributed by atoms with van der Waals surface area (Å²) in [6.07, 6.45) is 3.00. The van der Waals surface area contributed by atoms with E-state index < -0.39 is 0 Å². The minimum Gasteiger partial charge on any atom is -0.342 e. The van der Waals surface area contributed by atoms with Crippen molar-refractivity contribution < 1.29 is 0 Å². The second-order valence-corrected chi connectivity index (χ2v) is 6.72. The van der Waals surface area contributed by atoms with Gasteiger partial charge in [0.15, 0.2) is 5.96 Å². The molecular formula is C21H27N5. The van der Waals surface area contributed by atoms with E-state index in [1.807, 2.05) is 13.1 Å². The fourth-order valence-electron chi connectivity index (χ4n) is 2.78. The molecule has 1 aliphatic heterocycles. The van der Waals surface area contributed by atoms with Crippen LogP contribution in [-0.4, -0.2) is 25.2 Å². The zero-order valence-corrected chi connectivity index (χ0v) is 15.6. The van der Waals surface area contributed by atoms with Crippen LogP contribution in [0.4, 0.5) is 5.69 Å². The van der Waals surface area contributed by atoms with E-state index in [2.05, 4.69) is 89.7 Å². The molecule has 0 bridgehead atoms. The van der Waals surface area contributed by atoms with E-state index >= 15 is 0 Å². The molecule has 0 spiro atoms. The number of hydrogen-bond acceptors (Lipinski definition) is 3. The lowest BCUT2D eigenvalue weighted by Gasteiger charge is -2.35. The van der Waals surface area contributed by atoms with Crippen LogP contribution in [0.15, 0.2) is 71.5 Å². The number of anilines is 1. The quantitative estimate of drug-likeness (QED) is 0.648. The molecule has 5 heteroatoms. The topological polar surface area (TPSA) is 60.5 Å². The van der Waals surface area contributed by atoms with Gasteiger partial charge in [0.2, 0.25) is 0 Å². The van der Waals surface area contributed by atoms with Gasteiger partial charge in [0.05, 0.1) is 0 Å². The van der Waals surface area contributed by atoms with Crippen LogP contribution in [0.25, 0.3) is 0 Å². The lowest BCUT2D eigenvalue weighted by molar-refractivity contribution is 0.427. The first-order chi connectivity index (χ1) is 12.6. The Hall–Kier alpha value is -2.79. The molecule has 1 heterocycles. The largest absolute Gasteiger partial charge is 0.342 e. The van der Waals surface area contributed by atoms with E-state index in [-0.39, 0.29) is 5.66 Å². The molecule has 3 rings (SSSR count). The minimum absolute atomic E-state index is 0.371. The minimum atomic E-state index is -0.371. The number of nitrogens with one attached hydrogen (secondary N) is 4. The second-order valence-electron chi connectivity index (χ2n) is 6.72. The fraction of sp³-hybridized carbons (Fsp3) is 0.286. The molecule has 2 aromatic carbocycles. The smallest absolute Gasteiger partial charge is 0.198 e. The van der Waals surface area contributed by atoms with E-state index in [1.165, 1.54) is 11.1 Å². The number of likely N-dealkylation sites (N-methyl/N-ethyl adjacent to an activating group) is 1. The van der Waals surface area contributed by atoms with Gasteiger partial charge >= 0.3 is 0 Å². The molecule has 0 amide bonds. The zero-order chi connectivity index (χ0) is 18.4. The summed E-state index contributed by atoms with van der Waals surface area (Å²) in [5.74, 6) is 1.66. The monoisotopic (exact) mass is 349 g/mol. The van der Waals surface area contributed by atoms with Crippen LogP contribution in [0.2, 0.25) is 0 Å². The average Bonchev–Trinajstić information content (AvgIpc) is 2.64. The molecule has 1 unspecified atom stereocenters. The molecule has 0 fully saturated rings. The van der Waals surface area contributed by atoms with Gasteiger partial charge in [0.25, 0.3) is 0 Å². The van der Waals surface area contributed by atoms with Crippen LogP contribution in [0, 0.1) is 6.92 Å². The first-order valence-electron chi connectivity index (χ1n) is 8.95. The maximum absolute atomic E-state index is 4.70. The summed E-state index contributed by atoms with van der Waals surface area (Å²) < 4.78 is 0. The van der Waals surface area contributed by atoms with Crippen molar-refractivity contribution in [2.24, 2.45) is 4.99 Å². The number of benzene rings is 2. The van der Waals surface area contributed by atoms with Crippen LogP contribution in [-0.2, 0) is 6.42 Å². The lowest BCUT2D eigenvalue weighted by Crippen LogP contribution is -2.61. The predicted octanol–water partition coefficient (Wildman–Crippen LogP) is 2.98. The summed E-state index contributed by atoms with van der Waals surface area (Å²) in [6.45, 7) is 4.88. The Kier molecular flexibility index (Phi) is 5.58. The van der Waals surface area contributed by atoms with Crippen LogP contribution in [0.5, 0.6) is 0 Å². The Labute approximate surface area is 155 Å². The van der Waals surface area contributed by atoms with Gasteiger partial charge in [-0.15, -0.1) is 0 Å². The number of aliphatic imine (C=N–C) groups is 1. The van der Waals surface area contributed by atoms with Crippen molar-refractivity contribution in [3.63, 3.8) is 0 Å². The van der Waals surface area contributed by atoms with Gasteiger partial charge in [-0.05, 0) is 51.1 Å². The van der Waals surface area contributed by atoms with Crippen LogP contribution >= 0.6 is 0 Å². The zero-order valence-electron chi connectivity index (χ0n) is 15.6. The predicted molar refractivity (Wildman–Crippen MR) is 109 cm³/mol. The molecule has 0 saturated carbocycles. The molecule has 4 N–H and O–H groups in total. The highest BCUT2D eigenvalue weighted by Crippen LogP contribution is 2.15. The van der Waals surface area contributed by atoms with Crippen molar-refractivity contribution in [1.29, 1.82) is 0 Å². The van der Waals surface area contributed by atoms with E-state index in [9.17, 15) is 0 Å². The molecule has 0 aliphatic carbocycles. The molecule has 5 nitrogen and oxygen atoms in total. The van der Waals surface area contributed by atoms with Gasteiger partial charge in [0.1, 0.15) is 11.5 Å². The van der Waals surface area contributed by atoms with Crippen molar-refractivity contribution in [1.82, 2.24) is 16.0 Å². The Bertz CT molecular complexity index is 780. The van der Waals surface area contributed by atoms with Gasteiger partial charge in [-0.25, -0.2) is 0 Å². The summed E-state index contributed by atoms with van der Waals surface area (Å²) in [4.78, 5) is 4.70. The Balaban J connectivity index is 1.69. The van der Waals surface area contributed by atoms with Gasteiger partial charge in [0, 0.05) is 12.2 Å². The number of hydrogen-bond donors (Lipinski definition) is 4. The average molecular weight is 349 g/mol. The molecule has 1 aliphatic rings. The maximum Gasteiger partial charge on any atom is 0.198 e. The summed E-state index contributed by atoms with van der Waals surface area (Å²) in [5.41, 5.74) is 3.20. The number of nitrogens with zero attached hydrogens (tertiary/aromatic N) is 1. The SMILES string of the molecule is CNC1(C)C=C(Nc2ccc(C)cc2)NC(=NCCc2ccccc2)N1. The Morgan fingerprint density at radius 3 is 2.46 bits per heavy atom. The third-order valence-corrected chi connectivity index (χ3v) is 4.43. The first kappa shape index (κ1) is 18.0. The van der Waals surface area contributed by atoms with E-state index in [0.29, 0.717) is 0 Å². The highest BCUT2D eigenvalue weighted by atomic mass is 15.3. The number of aryl methyl sites for hydroxylation is 1. The van der Waals surface area contributed by atoms with Crippen molar-refractivity contribution in [3.8, 4) is 0 Å². The van der Waals surface area contributed by atoms with Gasteiger partial charge < -0.3 is 16.0 Å². The van der Waals surface area contributed by atoms with Gasteiger partial charge in [-0.2, -0.15) is 0 Å². The van der Waals surface area contributed by atoms with Crippen LogP contribution in [0.3, 0.4) is 0 Å². The van der Waals surface area contributed by atoms with Crippen molar-refractivity contribution in [3.05, 3.63) is 77.6 Å². The molecule has 0 saturated heterocycles. The summed E-state index contributed by atoms with van der Waals surface area (Å²) in [7, 11) is 1.93. The Morgan fingerprint density at radius 1 is 1.04 bits per heavy atom. The highest BCUT2D eigenvalue weighted by molar-refractivity contribution is 5.84. The molecule has 136 valence electrons. The maximum atomic E-state index is 4.70. The van der Waals surface area contributed by atoms with Crippen molar-refractivity contribution >= 4 is 11.6 Å². The van der Waals surface area contributed by atoms with E-state index in [1.54, 1.807) is 0 Å². The normalized spacial score (nSPS) is 20.9. The molecule has 2 aromatic rings. The summed E-state index contributed by atoms with van der Waals surface area (Å²) in [5, 5.41) is 13.5. The van der Waals surface area contributed by atoms with Crippen molar-refractivity contribution in [2.45, 2.75) is 25.9 Å². The summed E-state index contributed by atoms with van der Waals surface area (Å²) >= 11 is 0. The summed E-state index contributed by atoms with van der Waals surface area (Å²) in [6, 6.07) is 18.7. The first-order valence-corrected chi connectivity index (χ1v) is 8.95. The molecule has 0 radical (unpaired) electrons. The third-order valence-electron chi connectivity index (χ3n) is 4.43. The number of rotatable bonds is 6. The lowest BCUT2D eigenvalue weighted by atomic mass is 10.1. The molecule has 0 aromatic heterocycles. The molecular weight excluding hydrogens is 322 g/mol.